The summed E-state index contributed by atoms with van der Waals surface area (Å²) in [5.41, 5.74) is 1.31. The van der Waals surface area contributed by atoms with Gasteiger partial charge in [0, 0.05) is 0 Å². The standard InChI is InChI=1S/C18H23NO4S2/c1-4-19(13-24(20,21)17-11-7-5-9-15(17)2)14-25(22,23)18-12-8-6-10-16(18)3/h5-12H,4,13-14H2,1-3H3. The lowest BCUT2D eigenvalue weighted by molar-refractivity contribution is 0.375. The highest BCUT2D eigenvalue weighted by Crippen LogP contribution is 2.20. The van der Waals surface area contributed by atoms with E-state index in [2.05, 4.69) is 0 Å². The van der Waals surface area contributed by atoms with Gasteiger partial charge in [-0.25, -0.2) is 16.8 Å². The van der Waals surface area contributed by atoms with Crippen LogP contribution in [0.15, 0.2) is 58.3 Å². The van der Waals surface area contributed by atoms with Crippen LogP contribution in [0.25, 0.3) is 0 Å². The van der Waals surface area contributed by atoms with Crippen molar-refractivity contribution in [2.75, 3.05) is 18.3 Å². The van der Waals surface area contributed by atoms with E-state index >= 15 is 0 Å². The molecule has 0 aliphatic carbocycles. The van der Waals surface area contributed by atoms with E-state index in [1.165, 1.54) is 4.90 Å². The fourth-order valence-electron chi connectivity index (χ4n) is 2.65. The summed E-state index contributed by atoms with van der Waals surface area (Å²) >= 11 is 0. The van der Waals surface area contributed by atoms with Crippen LogP contribution in [-0.2, 0) is 19.7 Å². The summed E-state index contributed by atoms with van der Waals surface area (Å²) in [5, 5.41) is 0. The third kappa shape index (κ3) is 4.68. The summed E-state index contributed by atoms with van der Waals surface area (Å²) in [6, 6.07) is 13.4. The fourth-order valence-corrected chi connectivity index (χ4v) is 6.24. The summed E-state index contributed by atoms with van der Waals surface area (Å²) < 4.78 is 50.7. The highest BCUT2D eigenvalue weighted by molar-refractivity contribution is 7.92. The number of hydrogen-bond acceptors (Lipinski definition) is 5. The van der Waals surface area contributed by atoms with E-state index in [0.29, 0.717) is 17.7 Å². The van der Waals surface area contributed by atoms with Crippen LogP contribution in [0.5, 0.6) is 0 Å². The molecule has 2 aromatic carbocycles. The molecule has 0 aromatic heterocycles. The molecule has 0 saturated heterocycles. The third-order valence-electron chi connectivity index (χ3n) is 4.01. The van der Waals surface area contributed by atoms with Gasteiger partial charge in [0.2, 0.25) is 0 Å². The molecule has 7 heteroatoms. The van der Waals surface area contributed by atoms with Gasteiger partial charge in [0.15, 0.2) is 19.7 Å². The first-order chi connectivity index (χ1) is 11.7. The molecule has 5 nitrogen and oxygen atoms in total. The second-order valence-corrected chi connectivity index (χ2v) is 9.86. The number of hydrogen-bond donors (Lipinski definition) is 0. The van der Waals surface area contributed by atoms with E-state index in [0.717, 1.165) is 0 Å². The first-order valence-electron chi connectivity index (χ1n) is 7.96. The van der Waals surface area contributed by atoms with Crippen molar-refractivity contribution in [2.45, 2.75) is 30.6 Å². The molecule has 136 valence electrons. The van der Waals surface area contributed by atoms with Gasteiger partial charge in [0.05, 0.1) is 9.79 Å². The minimum absolute atomic E-state index is 0.238. The van der Waals surface area contributed by atoms with Gasteiger partial charge in [0.25, 0.3) is 0 Å². The van der Waals surface area contributed by atoms with Crippen molar-refractivity contribution in [3.8, 4) is 0 Å². The zero-order valence-electron chi connectivity index (χ0n) is 14.6. The van der Waals surface area contributed by atoms with Gasteiger partial charge < -0.3 is 0 Å². The van der Waals surface area contributed by atoms with Crippen molar-refractivity contribution >= 4 is 19.7 Å². The number of sulfone groups is 2. The van der Waals surface area contributed by atoms with E-state index in [-0.39, 0.29) is 21.5 Å². The number of rotatable bonds is 7. The van der Waals surface area contributed by atoms with Crippen LogP contribution in [0, 0.1) is 13.8 Å². The van der Waals surface area contributed by atoms with Crippen molar-refractivity contribution in [1.82, 2.24) is 4.90 Å². The molecule has 0 saturated carbocycles. The van der Waals surface area contributed by atoms with Crippen LogP contribution in [0.4, 0.5) is 0 Å². The van der Waals surface area contributed by atoms with E-state index in [1.54, 1.807) is 69.3 Å². The molecule has 2 rings (SSSR count). The lowest BCUT2D eigenvalue weighted by Gasteiger charge is -2.21. The van der Waals surface area contributed by atoms with Crippen molar-refractivity contribution in [3.63, 3.8) is 0 Å². The van der Waals surface area contributed by atoms with E-state index in [4.69, 9.17) is 0 Å². The Hall–Kier alpha value is -1.70. The summed E-state index contributed by atoms with van der Waals surface area (Å²) in [6.07, 6.45) is 0. The van der Waals surface area contributed by atoms with Crippen LogP contribution in [0.3, 0.4) is 0 Å². The summed E-state index contributed by atoms with van der Waals surface area (Å²) in [6.45, 7) is 5.53. The number of aryl methyl sites for hydroxylation is 2. The van der Waals surface area contributed by atoms with Gasteiger partial charge in [-0.15, -0.1) is 0 Å². The Balaban J connectivity index is 2.27. The summed E-state index contributed by atoms with van der Waals surface area (Å²) in [4.78, 5) is 1.91. The Kier molecular flexibility index (Phi) is 6.03. The number of benzene rings is 2. The lowest BCUT2D eigenvalue weighted by atomic mass is 10.2. The highest BCUT2D eigenvalue weighted by atomic mass is 32.2. The van der Waals surface area contributed by atoms with Crippen molar-refractivity contribution in [3.05, 3.63) is 59.7 Å². The molecular formula is C18H23NO4S2. The predicted molar refractivity (Wildman–Crippen MR) is 98.8 cm³/mol. The maximum absolute atomic E-state index is 12.7. The SMILES string of the molecule is CCN(CS(=O)(=O)c1ccccc1C)CS(=O)(=O)c1ccccc1C. The molecule has 25 heavy (non-hydrogen) atoms. The molecule has 0 fully saturated rings. The Morgan fingerprint density at radius 2 is 1.08 bits per heavy atom. The second kappa shape index (κ2) is 7.68. The minimum atomic E-state index is -3.61. The summed E-state index contributed by atoms with van der Waals surface area (Å²) in [7, 11) is -7.21. The smallest absolute Gasteiger partial charge is 0.191 e. The fraction of sp³-hybridized carbons (Fsp3) is 0.333. The van der Waals surface area contributed by atoms with E-state index in [1.807, 2.05) is 0 Å². The molecular weight excluding hydrogens is 358 g/mol. The number of nitrogens with zero attached hydrogens (tertiary/aromatic N) is 1. The zero-order valence-corrected chi connectivity index (χ0v) is 16.3. The lowest BCUT2D eigenvalue weighted by Crippen LogP contribution is -2.34. The van der Waals surface area contributed by atoms with E-state index in [9.17, 15) is 16.8 Å². The van der Waals surface area contributed by atoms with Gasteiger partial charge in [-0.2, -0.15) is 0 Å². The molecule has 0 N–H and O–H groups in total. The Bertz CT molecular complexity index is 873. The van der Waals surface area contributed by atoms with Crippen LogP contribution >= 0.6 is 0 Å². The zero-order chi connectivity index (χ0) is 18.7. The molecule has 0 spiro atoms. The molecule has 0 radical (unpaired) electrons. The monoisotopic (exact) mass is 381 g/mol. The Morgan fingerprint density at radius 3 is 1.40 bits per heavy atom. The Morgan fingerprint density at radius 1 is 0.720 bits per heavy atom. The van der Waals surface area contributed by atoms with Crippen molar-refractivity contribution in [1.29, 1.82) is 0 Å². The molecule has 0 unspecified atom stereocenters. The quantitative estimate of drug-likeness (QED) is 0.737. The van der Waals surface area contributed by atoms with Crippen LogP contribution in [-0.4, -0.2) is 40.0 Å². The minimum Gasteiger partial charge on any atom is -0.276 e. The molecule has 0 aliphatic heterocycles. The predicted octanol–water partition coefficient (Wildman–Crippen LogP) is 2.79. The normalized spacial score (nSPS) is 12.5. The molecule has 0 amide bonds. The van der Waals surface area contributed by atoms with Gasteiger partial charge in [-0.1, -0.05) is 43.3 Å². The third-order valence-corrected chi connectivity index (χ3v) is 7.68. The Labute approximate surface area is 150 Å². The van der Waals surface area contributed by atoms with Gasteiger partial charge in [-0.3, -0.25) is 4.90 Å². The van der Waals surface area contributed by atoms with Crippen molar-refractivity contribution < 1.29 is 16.8 Å². The summed E-state index contributed by atoms with van der Waals surface area (Å²) in [5.74, 6) is -0.668. The second-order valence-electron chi connectivity index (χ2n) is 6.01. The van der Waals surface area contributed by atoms with Gasteiger partial charge in [-0.05, 0) is 43.7 Å². The first kappa shape index (κ1) is 19.6. The molecule has 2 aromatic rings. The molecule has 0 atom stereocenters. The average Bonchev–Trinajstić information content (AvgIpc) is 2.54. The van der Waals surface area contributed by atoms with Crippen LogP contribution in [0.2, 0.25) is 0 Å². The topological polar surface area (TPSA) is 71.5 Å². The van der Waals surface area contributed by atoms with Crippen molar-refractivity contribution in [2.24, 2.45) is 0 Å². The average molecular weight is 382 g/mol. The highest BCUT2D eigenvalue weighted by Gasteiger charge is 2.25. The van der Waals surface area contributed by atoms with Crippen LogP contribution in [0.1, 0.15) is 18.1 Å². The maximum atomic E-state index is 12.7. The molecule has 0 heterocycles. The first-order valence-corrected chi connectivity index (χ1v) is 11.3. The largest absolute Gasteiger partial charge is 0.276 e. The van der Waals surface area contributed by atoms with Crippen LogP contribution < -0.4 is 0 Å². The molecule has 0 aliphatic rings. The maximum Gasteiger partial charge on any atom is 0.191 e. The van der Waals surface area contributed by atoms with E-state index < -0.39 is 19.7 Å². The van der Waals surface area contributed by atoms with Gasteiger partial charge >= 0.3 is 0 Å². The van der Waals surface area contributed by atoms with Gasteiger partial charge in [0.1, 0.15) is 11.8 Å². The molecule has 0 bridgehead atoms.